The molecule has 102 valence electrons. The average molecular weight is 288 g/mol. The summed E-state index contributed by atoms with van der Waals surface area (Å²) >= 11 is 5.61. The number of hydrogen-bond acceptors (Lipinski definition) is 5. The molecule has 1 aromatic carbocycles. The summed E-state index contributed by atoms with van der Waals surface area (Å²) in [5, 5.41) is 13.0. The monoisotopic (exact) mass is 287 g/mol. The van der Waals surface area contributed by atoms with E-state index >= 15 is 0 Å². The Kier molecular flexibility index (Phi) is 5.07. The number of amides is 2. The zero-order valence-corrected chi connectivity index (χ0v) is 10.3. The number of carbonyl (C=O) groups is 2. The van der Waals surface area contributed by atoms with E-state index in [-0.39, 0.29) is 29.4 Å². The first-order valence-electron chi connectivity index (χ1n) is 5.06. The van der Waals surface area contributed by atoms with Crippen LogP contribution >= 0.6 is 11.6 Å². The summed E-state index contributed by atoms with van der Waals surface area (Å²) in [5.41, 5.74) is 4.45. The Morgan fingerprint density at radius 2 is 2.16 bits per heavy atom. The SMILES string of the molecule is NC(=O)OCCNC(=O)c1ccc(Cl)c([N+](=O)[O-])c1. The minimum absolute atomic E-state index is 0.0399. The van der Waals surface area contributed by atoms with E-state index in [1.165, 1.54) is 12.1 Å². The van der Waals surface area contributed by atoms with Gasteiger partial charge in [0.2, 0.25) is 0 Å². The highest BCUT2D eigenvalue weighted by Crippen LogP contribution is 2.24. The van der Waals surface area contributed by atoms with E-state index in [0.717, 1.165) is 6.07 Å². The predicted molar refractivity (Wildman–Crippen MR) is 66.0 cm³/mol. The molecule has 0 bridgehead atoms. The molecule has 0 spiro atoms. The van der Waals surface area contributed by atoms with Crippen molar-refractivity contribution in [2.45, 2.75) is 0 Å². The summed E-state index contributed by atoms with van der Waals surface area (Å²) in [7, 11) is 0. The van der Waals surface area contributed by atoms with Gasteiger partial charge in [0.05, 0.1) is 11.5 Å². The second-order valence-electron chi connectivity index (χ2n) is 3.35. The van der Waals surface area contributed by atoms with Crippen LogP contribution in [-0.2, 0) is 4.74 Å². The van der Waals surface area contributed by atoms with Crippen LogP contribution in [0.4, 0.5) is 10.5 Å². The van der Waals surface area contributed by atoms with Crippen molar-refractivity contribution in [2.24, 2.45) is 5.73 Å². The molecule has 0 aliphatic rings. The van der Waals surface area contributed by atoms with Crippen molar-refractivity contribution < 1.29 is 19.2 Å². The van der Waals surface area contributed by atoms with Gasteiger partial charge in [0.25, 0.3) is 11.6 Å². The van der Waals surface area contributed by atoms with Crippen LogP contribution in [0.25, 0.3) is 0 Å². The highest BCUT2D eigenvalue weighted by atomic mass is 35.5. The maximum absolute atomic E-state index is 11.6. The molecule has 0 saturated heterocycles. The lowest BCUT2D eigenvalue weighted by Gasteiger charge is -2.05. The quantitative estimate of drug-likeness (QED) is 0.476. The lowest BCUT2D eigenvalue weighted by atomic mass is 10.2. The first-order chi connectivity index (χ1) is 8.91. The van der Waals surface area contributed by atoms with Crippen molar-refractivity contribution in [1.82, 2.24) is 5.32 Å². The molecule has 19 heavy (non-hydrogen) atoms. The molecule has 0 fully saturated rings. The minimum atomic E-state index is -0.948. The summed E-state index contributed by atoms with van der Waals surface area (Å²) < 4.78 is 4.40. The van der Waals surface area contributed by atoms with Gasteiger partial charge in [-0.1, -0.05) is 11.6 Å². The molecule has 1 rings (SSSR count). The Hall–Kier alpha value is -2.35. The Labute approximate surface area is 112 Å². The summed E-state index contributed by atoms with van der Waals surface area (Å²) in [4.78, 5) is 31.9. The largest absolute Gasteiger partial charge is 0.448 e. The number of hydrogen-bond donors (Lipinski definition) is 2. The second-order valence-corrected chi connectivity index (χ2v) is 3.75. The molecule has 0 aliphatic carbocycles. The van der Waals surface area contributed by atoms with Crippen LogP contribution < -0.4 is 11.1 Å². The third kappa shape index (κ3) is 4.43. The number of nitrogens with zero attached hydrogens (tertiary/aromatic N) is 1. The lowest BCUT2D eigenvalue weighted by molar-refractivity contribution is -0.384. The number of nitro benzene ring substituents is 1. The van der Waals surface area contributed by atoms with E-state index in [2.05, 4.69) is 10.1 Å². The fraction of sp³-hybridized carbons (Fsp3) is 0.200. The maximum Gasteiger partial charge on any atom is 0.404 e. The molecule has 0 aliphatic heterocycles. The van der Waals surface area contributed by atoms with Gasteiger partial charge in [0.15, 0.2) is 0 Å². The number of primary amides is 1. The van der Waals surface area contributed by atoms with Crippen molar-refractivity contribution in [3.05, 3.63) is 38.9 Å². The summed E-state index contributed by atoms with van der Waals surface area (Å²) in [5.74, 6) is -0.548. The summed E-state index contributed by atoms with van der Waals surface area (Å²) in [6.07, 6.45) is -0.948. The Morgan fingerprint density at radius 3 is 2.74 bits per heavy atom. The van der Waals surface area contributed by atoms with Gasteiger partial charge in [-0.2, -0.15) is 0 Å². The average Bonchev–Trinajstić information content (AvgIpc) is 2.34. The van der Waals surface area contributed by atoms with Gasteiger partial charge in [-0.15, -0.1) is 0 Å². The van der Waals surface area contributed by atoms with E-state index in [1.807, 2.05) is 0 Å². The van der Waals surface area contributed by atoms with Crippen LogP contribution in [0.3, 0.4) is 0 Å². The third-order valence-corrected chi connectivity index (χ3v) is 2.36. The molecule has 3 N–H and O–H groups in total. The number of nitrogens with one attached hydrogen (secondary N) is 1. The van der Waals surface area contributed by atoms with Crippen LogP contribution in [0.5, 0.6) is 0 Å². The first-order valence-corrected chi connectivity index (χ1v) is 5.44. The maximum atomic E-state index is 11.6. The number of nitro groups is 1. The van der Waals surface area contributed by atoms with Gasteiger partial charge in [-0.25, -0.2) is 4.79 Å². The molecule has 1 aromatic rings. The van der Waals surface area contributed by atoms with Crippen molar-refractivity contribution in [3.63, 3.8) is 0 Å². The number of ether oxygens (including phenoxy) is 1. The fourth-order valence-electron chi connectivity index (χ4n) is 1.21. The Balaban J connectivity index is 2.65. The third-order valence-electron chi connectivity index (χ3n) is 2.04. The molecule has 0 heterocycles. The predicted octanol–water partition coefficient (Wildman–Crippen LogP) is 1.07. The van der Waals surface area contributed by atoms with E-state index in [4.69, 9.17) is 17.3 Å². The van der Waals surface area contributed by atoms with Crippen molar-refractivity contribution in [1.29, 1.82) is 0 Å². The molecular formula is C10H10ClN3O5. The highest BCUT2D eigenvalue weighted by molar-refractivity contribution is 6.32. The van der Waals surface area contributed by atoms with Gasteiger partial charge in [0, 0.05) is 11.6 Å². The normalized spacial score (nSPS) is 9.74. The molecule has 0 radical (unpaired) electrons. The lowest BCUT2D eigenvalue weighted by Crippen LogP contribution is -2.29. The van der Waals surface area contributed by atoms with Crippen molar-refractivity contribution in [2.75, 3.05) is 13.2 Å². The van der Waals surface area contributed by atoms with Crippen molar-refractivity contribution >= 4 is 29.3 Å². The van der Waals surface area contributed by atoms with Gasteiger partial charge in [0.1, 0.15) is 11.6 Å². The second kappa shape index (κ2) is 6.55. The molecular weight excluding hydrogens is 278 g/mol. The van der Waals surface area contributed by atoms with E-state index in [1.54, 1.807) is 0 Å². The Bertz CT molecular complexity index is 520. The van der Waals surface area contributed by atoms with E-state index < -0.39 is 16.9 Å². The van der Waals surface area contributed by atoms with Crippen LogP contribution in [0.15, 0.2) is 18.2 Å². The molecule has 0 atom stereocenters. The van der Waals surface area contributed by atoms with Gasteiger partial charge < -0.3 is 15.8 Å². The molecule has 0 unspecified atom stereocenters. The van der Waals surface area contributed by atoms with Crippen LogP contribution in [0.2, 0.25) is 5.02 Å². The molecule has 9 heteroatoms. The Morgan fingerprint density at radius 1 is 1.47 bits per heavy atom. The zero-order valence-electron chi connectivity index (χ0n) is 9.59. The topological polar surface area (TPSA) is 125 Å². The number of nitrogens with two attached hydrogens (primary N) is 1. The number of benzene rings is 1. The number of carbonyl (C=O) groups excluding carboxylic acids is 2. The zero-order chi connectivity index (χ0) is 14.4. The smallest absolute Gasteiger partial charge is 0.404 e. The van der Waals surface area contributed by atoms with Crippen LogP contribution in [-0.4, -0.2) is 30.1 Å². The van der Waals surface area contributed by atoms with Crippen LogP contribution in [0.1, 0.15) is 10.4 Å². The molecule has 2 amide bonds. The highest BCUT2D eigenvalue weighted by Gasteiger charge is 2.15. The fourth-order valence-corrected chi connectivity index (χ4v) is 1.40. The van der Waals surface area contributed by atoms with Crippen molar-refractivity contribution in [3.8, 4) is 0 Å². The van der Waals surface area contributed by atoms with Gasteiger partial charge >= 0.3 is 6.09 Å². The van der Waals surface area contributed by atoms with Gasteiger partial charge in [-0.3, -0.25) is 14.9 Å². The van der Waals surface area contributed by atoms with E-state index in [9.17, 15) is 19.7 Å². The molecule has 8 nitrogen and oxygen atoms in total. The standard InChI is InChI=1S/C10H10ClN3O5/c11-7-2-1-6(5-8(7)14(17)18)9(15)13-3-4-19-10(12)16/h1-2,5H,3-4H2,(H2,12,16)(H,13,15). The first kappa shape index (κ1) is 14.7. The summed E-state index contributed by atoms with van der Waals surface area (Å²) in [6, 6.07) is 3.67. The molecule has 0 aromatic heterocycles. The molecule has 0 saturated carbocycles. The number of rotatable bonds is 5. The number of halogens is 1. The van der Waals surface area contributed by atoms with Gasteiger partial charge in [-0.05, 0) is 12.1 Å². The van der Waals surface area contributed by atoms with E-state index in [0.29, 0.717) is 0 Å². The minimum Gasteiger partial charge on any atom is -0.448 e. The van der Waals surface area contributed by atoms with Crippen LogP contribution in [0, 0.1) is 10.1 Å². The summed E-state index contributed by atoms with van der Waals surface area (Å²) in [6.45, 7) is -0.0467.